The van der Waals surface area contributed by atoms with E-state index in [1.54, 1.807) is 45.5 Å². The molecule has 2 amide bonds. The van der Waals surface area contributed by atoms with Crippen molar-refractivity contribution in [2.45, 2.75) is 0 Å². The average molecular weight is 280 g/mol. The van der Waals surface area contributed by atoms with E-state index in [4.69, 9.17) is 4.74 Å². The molecule has 0 heterocycles. The van der Waals surface area contributed by atoms with Gasteiger partial charge in [-0.05, 0) is 24.3 Å². The van der Waals surface area contributed by atoms with Crippen molar-refractivity contribution in [3.05, 3.63) is 24.3 Å². The molecule has 0 saturated carbocycles. The second-order valence-corrected chi connectivity index (χ2v) is 4.88. The van der Waals surface area contributed by atoms with Crippen LogP contribution in [0.15, 0.2) is 24.3 Å². The molecule has 1 aromatic carbocycles. The third kappa shape index (κ3) is 5.27. The summed E-state index contributed by atoms with van der Waals surface area (Å²) in [5, 5.41) is 2.79. The van der Waals surface area contributed by atoms with Crippen LogP contribution in [0.4, 0.5) is 5.69 Å². The van der Waals surface area contributed by atoms with Gasteiger partial charge in [0.25, 0.3) is 11.8 Å². The fraction of sp³-hybridized carbons (Fsp3) is 0.429. The second kappa shape index (κ2) is 7.49. The quantitative estimate of drug-likeness (QED) is 0.720. The average Bonchev–Trinajstić information content (AvgIpc) is 2.39. The van der Waals surface area contributed by atoms with E-state index in [0.29, 0.717) is 12.2 Å². The number of anilines is 1. The Morgan fingerprint density at radius 2 is 1.80 bits per heavy atom. The zero-order valence-electron chi connectivity index (χ0n) is 12.4. The van der Waals surface area contributed by atoms with Crippen molar-refractivity contribution in [2.24, 2.45) is 0 Å². The fourth-order valence-electron chi connectivity index (χ4n) is 1.63. The molecule has 0 radical (unpaired) electrons. The van der Waals surface area contributed by atoms with E-state index in [1.165, 1.54) is 4.90 Å². The smallest absolute Gasteiger partial charge is 0.279 e. The summed E-state index contributed by atoms with van der Waals surface area (Å²) in [5.41, 5.74) is 0.711. The molecular formula is C14H22N3O3+. The molecule has 0 saturated heterocycles. The first-order chi connectivity index (χ1) is 9.42. The minimum Gasteiger partial charge on any atom is -0.497 e. The Bertz CT molecular complexity index is 457. The predicted octanol–water partition coefficient (Wildman–Crippen LogP) is -0.763. The molecule has 6 nitrogen and oxygen atoms in total. The molecule has 20 heavy (non-hydrogen) atoms. The van der Waals surface area contributed by atoms with Gasteiger partial charge in [0, 0.05) is 19.8 Å². The number of carbonyl (C=O) groups excluding carboxylic acids is 2. The summed E-state index contributed by atoms with van der Waals surface area (Å²) in [5.74, 6) is 0.612. The van der Waals surface area contributed by atoms with Crippen molar-refractivity contribution < 1.29 is 19.2 Å². The summed E-state index contributed by atoms with van der Waals surface area (Å²) in [6.07, 6.45) is 0. The number of nitrogens with zero attached hydrogens (tertiary/aromatic N) is 1. The number of carbonyl (C=O) groups is 2. The lowest BCUT2D eigenvalue weighted by Crippen LogP contribution is -3.11. The van der Waals surface area contributed by atoms with Gasteiger partial charge < -0.3 is 19.9 Å². The first kappa shape index (κ1) is 16.0. The van der Waals surface area contributed by atoms with Gasteiger partial charge in [-0.2, -0.15) is 0 Å². The van der Waals surface area contributed by atoms with Crippen molar-refractivity contribution in [1.82, 2.24) is 4.90 Å². The largest absolute Gasteiger partial charge is 0.497 e. The number of quaternary nitrogens is 1. The summed E-state index contributed by atoms with van der Waals surface area (Å²) < 4.78 is 5.05. The van der Waals surface area contributed by atoms with Crippen molar-refractivity contribution in [1.29, 1.82) is 0 Å². The highest BCUT2D eigenvalue weighted by Gasteiger charge is 2.15. The second-order valence-electron chi connectivity index (χ2n) is 4.88. The Kier molecular flexibility index (Phi) is 5.99. The molecule has 0 aromatic heterocycles. The molecular weight excluding hydrogens is 258 g/mol. The van der Waals surface area contributed by atoms with Gasteiger partial charge in [0.15, 0.2) is 13.1 Å². The number of hydrogen-bond acceptors (Lipinski definition) is 3. The van der Waals surface area contributed by atoms with Crippen LogP contribution in [0, 0.1) is 0 Å². The number of likely N-dealkylation sites (N-methyl/N-ethyl adjacent to an activating group) is 2. The van der Waals surface area contributed by atoms with Gasteiger partial charge in [-0.15, -0.1) is 0 Å². The van der Waals surface area contributed by atoms with Crippen LogP contribution in [0.5, 0.6) is 5.75 Å². The van der Waals surface area contributed by atoms with Crippen LogP contribution in [0.2, 0.25) is 0 Å². The topological polar surface area (TPSA) is 63.1 Å². The molecule has 0 spiro atoms. The molecule has 1 aromatic rings. The molecule has 0 aliphatic carbocycles. The number of hydrogen-bond donors (Lipinski definition) is 2. The Morgan fingerprint density at radius 3 is 2.30 bits per heavy atom. The highest BCUT2D eigenvalue weighted by Crippen LogP contribution is 2.14. The maximum absolute atomic E-state index is 11.8. The van der Waals surface area contributed by atoms with E-state index in [1.807, 2.05) is 7.05 Å². The first-order valence-electron chi connectivity index (χ1n) is 6.37. The summed E-state index contributed by atoms with van der Waals surface area (Å²) >= 11 is 0. The van der Waals surface area contributed by atoms with Crippen molar-refractivity contribution in [2.75, 3.05) is 46.7 Å². The SMILES string of the molecule is COc1ccc(NC(=O)C[NH+](C)CC(=O)N(C)C)cc1. The van der Waals surface area contributed by atoms with Gasteiger partial charge in [-0.1, -0.05) is 0 Å². The van der Waals surface area contributed by atoms with Gasteiger partial charge in [-0.3, -0.25) is 9.59 Å². The highest BCUT2D eigenvalue weighted by molar-refractivity contribution is 5.91. The van der Waals surface area contributed by atoms with Crippen molar-refractivity contribution >= 4 is 17.5 Å². The molecule has 1 atom stereocenters. The minimum absolute atomic E-state index is 0.000234. The van der Waals surface area contributed by atoms with E-state index in [0.717, 1.165) is 10.6 Å². The maximum atomic E-state index is 11.8. The summed E-state index contributed by atoms with van der Waals surface area (Å²) in [7, 11) is 6.81. The Labute approximate surface area is 119 Å². The summed E-state index contributed by atoms with van der Waals surface area (Å²) in [6, 6.07) is 7.11. The predicted molar refractivity (Wildman–Crippen MR) is 76.9 cm³/mol. The van der Waals surface area contributed by atoms with E-state index >= 15 is 0 Å². The van der Waals surface area contributed by atoms with Crippen LogP contribution in [0.1, 0.15) is 0 Å². The molecule has 1 unspecified atom stereocenters. The lowest BCUT2D eigenvalue weighted by Gasteiger charge is -2.16. The van der Waals surface area contributed by atoms with Crippen molar-refractivity contribution in [3.63, 3.8) is 0 Å². The number of benzene rings is 1. The Morgan fingerprint density at radius 1 is 1.20 bits per heavy atom. The molecule has 2 N–H and O–H groups in total. The monoisotopic (exact) mass is 280 g/mol. The number of rotatable bonds is 6. The van der Waals surface area contributed by atoms with Gasteiger partial charge in [0.05, 0.1) is 14.2 Å². The van der Waals surface area contributed by atoms with Gasteiger partial charge in [-0.25, -0.2) is 0 Å². The summed E-state index contributed by atoms with van der Waals surface area (Å²) in [6.45, 7) is 0.536. The van der Waals surface area contributed by atoms with Crippen LogP contribution in [-0.4, -0.2) is 58.1 Å². The van der Waals surface area contributed by atoms with Gasteiger partial charge >= 0.3 is 0 Å². The van der Waals surface area contributed by atoms with E-state index in [-0.39, 0.29) is 18.4 Å². The fourth-order valence-corrected chi connectivity index (χ4v) is 1.63. The van der Waals surface area contributed by atoms with Crippen LogP contribution in [-0.2, 0) is 9.59 Å². The van der Waals surface area contributed by atoms with E-state index < -0.39 is 0 Å². The number of nitrogens with one attached hydrogen (secondary N) is 2. The van der Waals surface area contributed by atoms with Crippen LogP contribution in [0.3, 0.4) is 0 Å². The molecule has 1 rings (SSSR count). The molecule has 0 bridgehead atoms. The maximum Gasteiger partial charge on any atom is 0.279 e. The lowest BCUT2D eigenvalue weighted by molar-refractivity contribution is -0.862. The number of amides is 2. The number of ether oxygens (including phenoxy) is 1. The third-order valence-corrected chi connectivity index (χ3v) is 2.79. The van der Waals surface area contributed by atoms with Gasteiger partial charge in [0.1, 0.15) is 5.75 Å². The molecule has 0 fully saturated rings. The Balaban J connectivity index is 2.44. The highest BCUT2D eigenvalue weighted by atomic mass is 16.5. The zero-order valence-corrected chi connectivity index (χ0v) is 12.4. The first-order valence-corrected chi connectivity index (χ1v) is 6.37. The standard InChI is InChI=1S/C14H21N3O3/c1-16(2)14(19)10-17(3)9-13(18)15-11-5-7-12(20-4)8-6-11/h5-8H,9-10H2,1-4H3,(H,15,18)/p+1. The normalized spacial score (nSPS) is 11.6. The van der Waals surface area contributed by atoms with Gasteiger partial charge in [0.2, 0.25) is 0 Å². The summed E-state index contributed by atoms with van der Waals surface area (Å²) in [4.78, 5) is 25.7. The Hall–Kier alpha value is -2.08. The van der Waals surface area contributed by atoms with Crippen LogP contribution >= 0.6 is 0 Å². The zero-order chi connectivity index (χ0) is 15.1. The van der Waals surface area contributed by atoms with E-state index in [9.17, 15) is 9.59 Å². The van der Waals surface area contributed by atoms with Crippen LogP contribution < -0.4 is 15.0 Å². The molecule has 0 aliphatic rings. The van der Waals surface area contributed by atoms with E-state index in [2.05, 4.69) is 5.32 Å². The number of methoxy groups -OCH3 is 1. The lowest BCUT2D eigenvalue weighted by atomic mass is 10.3. The third-order valence-electron chi connectivity index (χ3n) is 2.79. The molecule has 110 valence electrons. The molecule has 0 aliphatic heterocycles. The van der Waals surface area contributed by atoms with Crippen molar-refractivity contribution in [3.8, 4) is 5.75 Å². The minimum atomic E-state index is -0.126. The molecule has 6 heteroatoms. The van der Waals surface area contributed by atoms with Crippen LogP contribution in [0.25, 0.3) is 0 Å².